The van der Waals surface area contributed by atoms with Gasteiger partial charge < -0.3 is 9.47 Å². The predicted molar refractivity (Wildman–Crippen MR) is 66.5 cm³/mol. The molecule has 1 aromatic heterocycles. The second kappa shape index (κ2) is 4.49. The number of aryl methyl sites for hydroxylation is 2. The average Bonchev–Trinajstić information content (AvgIpc) is 2.67. The van der Waals surface area contributed by atoms with Gasteiger partial charge in [-0.3, -0.25) is 4.68 Å². The second-order valence-electron chi connectivity index (χ2n) is 3.90. The van der Waals surface area contributed by atoms with Crippen LogP contribution in [0.4, 0.5) is 0 Å². The van der Waals surface area contributed by atoms with E-state index in [2.05, 4.69) is 5.10 Å². The zero-order chi connectivity index (χ0) is 12.4. The van der Waals surface area contributed by atoms with Crippen molar-refractivity contribution in [3.63, 3.8) is 0 Å². The van der Waals surface area contributed by atoms with Gasteiger partial charge in [0.25, 0.3) is 0 Å². The van der Waals surface area contributed by atoms with E-state index in [1.54, 1.807) is 14.2 Å². The van der Waals surface area contributed by atoms with Crippen LogP contribution >= 0.6 is 0 Å². The third kappa shape index (κ3) is 2.25. The van der Waals surface area contributed by atoms with E-state index in [9.17, 15) is 0 Å². The third-order valence-electron chi connectivity index (χ3n) is 2.65. The van der Waals surface area contributed by atoms with Gasteiger partial charge in [-0.15, -0.1) is 0 Å². The molecule has 0 fully saturated rings. The molecule has 90 valence electrons. The first-order chi connectivity index (χ1) is 8.13. The number of benzene rings is 1. The van der Waals surface area contributed by atoms with E-state index >= 15 is 0 Å². The quantitative estimate of drug-likeness (QED) is 0.815. The fourth-order valence-electron chi connectivity index (χ4n) is 1.84. The molecule has 0 bridgehead atoms. The number of ether oxygens (including phenoxy) is 2. The molecular formula is C13H16N2O2. The Labute approximate surface area is 101 Å². The van der Waals surface area contributed by atoms with Crippen LogP contribution in [0.25, 0.3) is 11.3 Å². The van der Waals surface area contributed by atoms with Crippen LogP contribution < -0.4 is 9.47 Å². The molecule has 2 rings (SSSR count). The Kier molecular flexibility index (Phi) is 3.04. The number of hydrogen-bond donors (Lipinski definition) is 0. The highest BCUT2D eigenvalue weighted by Gasteiger charge is 2.08. The van der Waals surface area contributed by atoms with E-state index in [1.165, 1.54) is 0 Å². The van der Waals surface area contributed by atoms with Crippen LogP contribution in [-0.2, 0) is 7.05 Å². The van der Waals surface area contributed by atoms with Gasteiger partial charge in [0.15, 0.2) is 0 Å². The number of rotatable bonds is 3. The molecular weight excluding hydrogens is 216 g/mol. The number of aromatic nitrogens is 2. The summed E-state index contributed by atoms with van der Waals surface area (Å²) in [6.07, 6.45) is 0. The molecule has 1 aromatic carbocycles. The molecule has 0 aliphatic heterocycles. The Balaban J connectivity index is 2.54. The Bertz CT molecular complexity index is 510. The average molecular weight is 232 g/mol. The first-order valence-electron chi connectivity index (χ1n) is 5.38. The van der Waals surface area contributed by atoms with Crippen molar-refractivity contribution in [2.45, 2.75) is 6.92 Å². The normalized spacial score (nSPS) is 10.4. The zero-order valence-corrected chi connectivity index (χ0v) is 10.5. The molecule has 0 saturated heterocycles. The first-order valence-corrected chi connectivity index (χ1v) is 5.38. The maximum atomic E-state index is 5.26. The molecule has 4 heteroatoms. The van der Waals surface area contributed by atoms with Crippen LogP contribution in [-0.4, -0.2) is 24.0 Å². The third-order valence-corrected chi connectivity index (χ3v) is 2.65. The van der Waals surface area contributed by atoms with Crippen LogP contribution in [0.3, 0.4) is 0 Å². The molecule has 17 heavy (non-hydrogen) atoms. The van der Waals surface area contributed by atoms with Gasteiger partial charge in [0.1, 0.15) is 11.5 Å². The van der Waals surface area contributed by atoms with Gasteiger partial charge in [-0.05, 0) is 25.1 Å². The highest BCUT2D eigenvalue weighted by Crippen LogP contribution is 2.29. The minimum atomic E-state index is 0.776. The zero-order valence-electron chi connectivity index (χ0n) is 10.5. The van der Waals surface area contributed by atoms with Gasteiger partial charge in [-0.1, -0.05) is 0 Å². The summed E-state index contributed by atoms with van der Waals surface area (Å²) in [5.41, 5.74) is 3.06. The van der Waals surface area contributed by atoms with Gasteiger partial charge in [0.05, 0.1) is 25.6 Å². The lowest BCUT2D eigenvalue weighted by Crippen LogP contribution is -1.95. The van der Waals surface area contributed by atoms with Crippen molar-refractivity contribution in [1.29, 1.82) is 0 Å². The van der Waals surface area contributed by atoms with Crippen LogP contribution in [0.15, 0.2) is 24.3 Å². The van der Waals surface area contributed by atoms with Crippen LogP contribution in [0, 0.1) is 6.92 Å². The van der Waals surface area contributed by atoms with Gasteiger partial charge in [0.2, 0.25) is 0 Å². The molecule has 0 radical (unpaired) electrons. The van der Waals surface area contributed by atoms with Crippen molar-refractivity contribution in [1.82, 2.24) is 9.78 Å². The van der Waals surface area contributed by atoms with E-state index in [0.29, 0.717) is 0 Å². The van der Waals surface area contributed by atoms with Crippen molar-refractivity contribution < 1.29 is 9.47 Å². The molecule has 0 amide bonds. The molecule has 0 spiro atoms. The minimum absolute atomic E-state index is 0.776. The molecule has 0 atom stereocenters. The van der Waals surface area contributed by atoms with Gasteiger partial charge in [0, 0.05) is 18.7 Å². The Hall–Kier alpha value is -1.97. The standard InChI is InChI=1S/C13H16N2O2/c1-9-5-13(15(2)14-9)10-6-11(16-3)8-12(7-10)17-4/h5-8H,1-4H3. The Morgan fingerprint density at radius 3 is 2.00 bits per heavy atom. The van der Waals surface area contributed by atoms with Gasteiger partial charge in [-0.25, -0.2) is 0 Å². The Morgan fingerprint density at radius 2 is 1.59 bits per heavy atom. The summed E-state index contributed by atoms with van der Waals surface area (Å²) < 4.78 is 12.4. The summed E-state index contributed by atoms with van der Waals surface area (Å²) in [7, 11) is 5.22. The maximum absolute atomic E-state index is 5.26. The van der Waals surface area contributed by atoms with Crippen molar-refractivity contribution in [2.75, 3.05) is 14.2 Å². The predicted octanol–water partition coefficient (Wildman–Crippen LogP) is 2.41. The second-order valence-corrected chi connectivity index (χ2v) is 3.90. The summed E-state index contributed by atoms with van der Waals surface area (Å²) in [6.45, 7) is 1.97. The lowest BCUT2D eigenvalue weighted by molar-refractivity contribution is 0.394. The molecule has 0 aliphatic rings. The van der Waals surface area contributed by atoms with Crippen molar-refractivity contribution >= 4 is 0 Å². The topological polar surface area (TPSA) is 36.3 Å². The molecule has 0 saturated carbocycles. The highest BCUT2D eigenvalue weighted by molar-refractivity contribution is 5.64. The summed E-state index contributed by atoms with van der Waals surface area (Å²) in [6, 6.07) is 7.83. The van der Waals surface area contributed by atoms with E-state index in [1.807, 2.05) is 42.9 Å². The number of nitrogens with zero attached hydrogens (tertiary/aromatic N) is 2. The van der Waals surface area contributed by atoms with Crippen molar-refractivity contribution in [3.05, 3.63) is 30.0 Å². The van der Waals surface area contributed by atoms with Crippen molar-refractivity contribution in [2.24, 2.45) is 7.05 Å². The van der Waals surface area contributed by atoms with E-state index in [4.69, 9.17) is 9.47 Å². The van der Waals surface area contributed by atoms with E-state index in [0.717, 1.165) is 28.5 Å². The van der Waals surface area contributed by atoms with Crippen LogP contribution in [0.1, 0.15) is 5.69 Å². The summed E-state index contributed by atoms with van der Waals surface area (Å²) in [5.74, 6) is 1.55. The monoisotopic (exact) mass is 232 g/mol. The lowest BCUT2D eigenvalue weighted by atomic mass is 10.1. The summed E-state index contributed by atoms with van der Waals surface area (Å²) in [5, 5.41) is 4.33. The summed E-state index contributed by atoms with van der Waals surface area (Å²) >= 11 is 0. The number of hydrogen-bond acceptors (Lipinski definition) is 3. The van der Waals surface area contributed by atoms with E-state index in [-0.39, 0.29) is 0 Å². The molecule has 0 aliphatic carbocycles. The number of methoxy groups -OCH3 is 2. The smallest absolute Gasteiger partial charge is 0.123 e. The van der Waals surface area contributed by atoms with Crippen LogP contribution in [0.5, 0.6) is 11.5 Å². The summed E-state index contributed by atoms with van der Waals surface area (Å²) in [4.78, 5) is 0. The molecule has 1 heterocycles. The van der Waals surface area contributed by atoms with Crippen LogP contribution in [0.2, 0.25) is 0 Å². The van der Waals surface area contributed by atoms with Crippen molar-refractivity contribution in [3.8, 4) is 22.8 Å². The maximum Gasteiger partial charge on any atom is 0.123 e. The molecule has 0 N–H and O–H groups in total. The first kappa shape index (κ1) is 11.5. The fourth-order valence-corrected chi connectivity index (χ4v) is 1.84. The minimum Gasteiger partial charge on any atom is -0.497 e. The fraction of sp³-hybridized carbons (Fsp3) is 0.308. The molecule has 0 unspecified atom stereocenters. The molecule has 2 aromatic rings. The van der Waals surface area contributed by atoms with Gasteiger partial charge in [-0.2, -0.15) is 5.10 Å². The highest BCUT2D eigenvalue weighted by atomic mass is 16.5. The Morgan fingerprint density at radius 1 is 1.00 bits per heavy atom. The largest absolute Gasteiger partial charge is 0.497 e. The van der Waals surface area contributed by atoms with Gasteiger partial charge >= 0.3 is 0 Å². The lowest BCUT2D eigenvalue weighted by Gasteiger charge is -2.08. The van der Waals surface area contributed by atoms with E-state index < -0.39 is 0 Å². The molecule has 4 nitrogen and oxygen atoms in total. The SMILES string of the molecule is COc1cc(OC)cc(-c2cc(C)nn2C)c1.